The summed E-state index contributed by atoms with van der Waals surface area (Å²) in [6.45, 7) is 1.26. The quantitative estimate of drug-likeness (QED) is 0.390. The summed E-state index contributed by atoms with van der Waals surface area (Å²) in [5.74, 6) is -0.935. The van der Waals surface area contributed by atoms with Crippen LogP contribution in [0.3, 0.4) is 0 Å². The van der Waals surface area contributed by atoms with Crippen molar-refractivity contribution in [3.8, 4) is 0 Å². The molecule has 1 aliphatic heterocycles. The Morgan fingerprint density at radius 1 is 1.28 bits per heavy atom. The van der Waals surface area contributed by atoms with Gasteiger partial charge in [0.05, 0.1) is 10.8 Å². The molecule has 0 spiro atoms. The van der Waals surface area contributed by atoms with E-state index in [9.17, 15) is 19.7 Å². The largest absolute Gasteiger partial charge is 0.455 e. The lowest BCUT2D eigenvalue weighted by atomic mass is 9.96. The molecule has 0 aliphatic carbocycles. The van der Waals surface area contributed by atoms with Gasteiger partial charge in [-0.1, -0.05) is 12.1 Å². The average Bonchev–Trinajstić information content (AvgIpc) is 3.24. The van der Waals surface area contributed by atoms with E-state index in [-0.39, 0.29) is 30.1 Å². The van der Waals surface area contributed by atoms with Crippen molar-refractivity contribution >= 4 is 34.6 Å². The molecule has 0 radical (unpaired) electrons. The lowest BCUT2D eigenvalue weighted by molar-refractivity contribution is -0.384. The second-order valence-electron chi connectivity index (χ2n) is 7.00. The minimum atomic E-state index is -0.395. The Balaban J connectivity index is 1.46. The predicted octanol–water partition coefficient (Wildman–Crippen LogP) is 3.07. The van der Waals surface area contributed by atoms with Gasteiger partial charge >= 0.3 is 5.97 Å². The molecule has 1 amide bonds. The van der Waals surface area contributed by atoms with Gasteiger partial charge in [0.2, 0.25) is 0 Å². The molecule has 8 nitrogen and oxygen atoms in total. The topological polar surface area (TPSA) is 93.0 Å². The van der Waals surface area contributed by atoms with Gasteiger partial charge in [0.15, 0.2) is 6.61 Å². The average molecular weight is 417 g/mol. The summed E-state index contributed by atoms with van der Waals surface area (Å²) in [7, 11) is 1.68. The molecule has 1 fully saturated rings. The number of nitro benzene ring substituents is 1. The Bertz CT molecular complexity index is 863. The summed E-state index contributed by atoms with van der Waals surface area (Å²) in [6, 6.07) is 8.55. The SMILES string of the molecule is CN(Cc1ccsc1)C(=O)COC(=O)C1CCN(c2ccccc2[N+](=O)[O-])CC1. The molecule has 1 aliphatic rings. The fourth-order valence-corrected chi connectivity index (χ4v) is 4.01. The van der Waals surface area contributed by atoms with Crippen molar-refractivity contribution in [1.82, 2.24) is 4.90 Å². The van der Waals surface area contributed by atoms with E-state index in [0.717, 1.165) is 5.56 Å². The van der Waals surface area contributed by atoms with Crippen LogP contribution in [0.25, 0.3) is 0 Å². The number of hydrogen-bond donors (Lipinski definition) is 0. The van der Waals surface area contributed by atoms with Gasteiger partial charge in [-0.3, -0.25) is 19.7 Å². The van der Waals surface area contributed by atoms with Crippen LogP contribution < -0.4 is 4.90 Å². The van der Waals surface area contributed by atoms with Gasteiger partial charge in [-0.25, -0.2) is 0 Å². The van der Waals surface area contributed by atoms with E-state index in [0.29, 0.717) is 38.2 Å². The Kier molecular flexibility index (Phi) is 6.82. The lowest BCUT2D eigenvalue weighted by Gasteiger charge is -2.32. The van der Waals surface area contributed by atoms with E-state index in [4.69, 9.17) is 4.74 Å². The summed E-state index contributed by atoms with van der Waals surface area (Å²) in [6.07, 6.45) is 1.06. The van der Waals surface area contributed by atoms with Crippen LogP contribution in [-0.2, 0) is 20.9 Å². The zero-order chi connectivity index (χ0) is 20.8. The maximum atomic E-state index is 12.3. The zero-order valence-electron chi connectivity index (χ0n) is 16.2. The molecule has 29 heavy (non-hydrogen) atoms. The predicted molar refractivity (Wildman–Crippen MR) is 110 cm³/mol. The van der Waals surface area contributed by atoms with Crippen molar-refractivity contribution < 1.29 is 19.2 Å². The maximum Gasteiger partial charge on any atom is 0.309 e. The lowest BCUT2D eigenvalue weighted by Crippen LogP contribution is -2.38. The second-order valence-corrected chi connectivity index (χ2v) is 7.78. The van der Waals surface area contributed by atoms with E-state index in [1.807, 2.05) is 21.7 Å². The summed E-state index contributed by atoms with van der Waals surface area (Å²) in [4.78, 5) is 38.8. The number of likely N-dealkylation sites (N-methyl/N-ethyl adjacent to an activating group) is 1. The second kappa shape index (κ2) is 9.51. The Morgan fingerprint density at radius 3 is 2.66 bits per heavy atom. The monoisotopic (exact) mass is 417 g/mol. The van der Waals surface area contributed by atoms with Crippen molar-refractivity contribution in [2.45, 2.75) is 19.4 Å². The molecular weight excluding hydrogens is 394 g/mol. The molecule has 0 bridgehead atoms. The Labute approximate surface area is 172 Å². The number of amides is 1. The molecule has 0 unspecified atom stereocenters. The molecule has 1 aromatic heterocycles. The molecule has 2 aromatic rings. The molecule has 1 saturated heterocycles. The third-order valence-electron chi connectivity index (χ3n) is 5.01. The Hall–Kier alpha value is -2.94. The fourth-order valence-electron chi connectivity index (χ4n) is 3.35. The van der Waals surface area contributed by atoms with Crippen LogP contribution in [-0.4, -0.2) is 48.4 Å². The van der Waals surface area contributed by atoms with Gasteiger partial charge in [-0.2, -0.15) is 11.3 Å². The van der Waals surface area contributed by atoms with Crippen molar-refractivity contribution in [1.29, 1.82) is 0 Å². The zero-order valence-corrected chi connectivity index (χ0v) is 17.0. The van der Waals surface area contributed by atoms with Gasteiger partial charge in [0, 0.05) is 32.7 Å². The summed E-state index contributed by atoms with van der Waals surface area (Å²) in [5, 5.41) is 15.1. The van der Waals surface area contributed by atoms with Crippen molar-refractivity contribution in [2.24, 2.45) is 5.92 Å². The third kappa shape index (κ3) is 5.32. The van der Waals surface area contributed by atoms with E-state index < -0.39 is 4.92 Å². The van der Waals surface area contributed by atoms with E-state index in [1.165, 1.54) is 11.0 Å². The van der Waals surface area contributed by atoms with E-state index in [2.05, 4.69) is 0 Å². The normalized spacial score (nSPS) is 14.4. The minimum Gasteiger partial charge on any atom is -0.455 e. The van der Waals surface area contributed by atoms with Crippen molar-refractivity contribution in [2.75, 3.05) is 31.6 Å². The van der Waals surface area contributed by atoms with Crippen LogP contribution in [0.4, 0.5) is 11.4 Å². The first-order chi connectivity index (χ1) is 14.0. The molecule has 1 aromatic carbocycles. The standard InChI is InChI=1S/C20H23N3O5S/c1-21(12-15-8-11-29-14-15)19(24)13-28-20(25)16-6-9-22(10-7-16)17-4-2-3-5-18(17)23(26)27/h2-5,8,11,14,16H,6-7,9-10,12-13H2,1H3. The van der Waals surface area contributed by atoms with E-state index in [1.54, 1.807) is 36.6 Å². The molecule has 154 valence electrons. The minimum absolute atomic E-state index is 0.0628. The van der Waals surface area contributed by atoms with Crippen molar-refractivity contribution in [3.05, 3.63) is 56.8 Å². The highest BCUT2D eigenvalue weighted by Crippen LogP contribution is 2.31. The first kappa shape index (κ1) is 20.8. The summed E-state index contributed by atoms with van der Waals surface area (Å²) >= 11 is 1.57. The van der Waals surface area contributed by atoms with Gasteiger partial charge in [0.25, 0.3) is 11.6 Å². The molecular formula is C20H23N3O5S. The number of benzene rings is 1. The van der Waals surface area contributed by atoms with Crippen LogP contribution in [0.2, 0.25) is 0 Å². The van der Waals surface area contributed by atoms with Gasteiger partial charge in [0.1, 0.15) is 5.69 Å². The van der Waals surface area contributed by atoms with Gasteiger partial charge in [-0.05, 0) is 41.3 Å². The summed E-state index contributed by atoms with van der Waals surface area (Å²) in [5.41, 5.74) is 1.67. The fraction of sp³-hybridized carbons (Fsp3) is 0.400. The molecule has 0 saturated carbocycles. The van der Waals surface area contributed by atoms with Gasteiger partial charge in [-0.15, -0.1) is 0 Å². The van der Waals surface area contributed by atoms with Crippen LogP contribution >= 0.6 is 11.3 Å². The molecule has 9 heteroatoms. The molecule has 3 rings (SSSR count). The molecule has 0 N–H and O–H groups in total. The molecule has 0 atom stereocenters. The number of nitro groups is 1. The number of para-hydroxylation sites is 2. The number of carbonyl (C=O) groups is 2. The maximum absolute atomic E-state index is 12.3. The highest BCUT2D eigenvalue weighted by Gasteiger charge is 2.29. The number of hydrogen-bond acceptors (Lipinski definition) is 7. The number of anilines is 1. The first-order valence-corrected chi connectivity index (χ1v) is 10.3. The van der Waals surface area contributed by atoms with Crippen LogP contribution in [0.1, 0.15) is 18.4 Å². The third-order valence-corrected chi connectivity index (χ3v) is 5.74. The van der Waals surface area contributed by atoms with Crippen molar-refractivity contribution in [3.63, 3.8) is 0 Å². The smallest absolute Gasteiger partial charge is 0.309 e. The number of rotatable bonds is 7. The summed E-state index contributed by atoms with van der Waals surface area (Å²) < 4.78 is 5.23. The first-order valence-electron chi connectivity index (χ1n) is 9.35. The number of ether oxygens (including phenoxy) is 1. The number of esters is 1. The number of carbonyl (C=O) groups excluding carboxylic acids is 2. The van der Waals surface area contributed by atoms with Crippen LogP contribution in [0, 0.1) is 16.0 Å². The highest BCUT2D eigenvalue weighted by molar-refractivity contribution is 7.07. The van der Waals surface area contributed by atoms with Gasteiger partial charge < -0.3 is 14.5 Å². The van der Waals surface area contributed by atoms with Crippen LogP contribution in [0.5, 0.6) is 0 Å². The Morgan fingerprint density at radius 2 is 2.00 bits per heavy atom. The number of thiophene rings is 1. The number of nitrogens with zero attached hydrogens (tertiary/aromatic N) is 3. The number of piperidine rings is 1. The molecule has 2 heterocycles. The van der Waals surface area contributed by atoms with Crippen LogP contribution in [0.15, 0.2) is 41.1 Å². The highest BCUT2D eigenvalue weighted by atomic mass is 32.1. The van der Waals surface area contributed by atoms with E-state index >= 15 is 0 Å².